The molecule has 0 spiro atoms. The number of primary amides is 1. The third kappa shape index (κ3) is 5.57. The van der Waals surface area contributed by atoms with Gasteiger partial charge in [-0.05, 0) is 24.0 Å². The number of hydrogen-bond acceptors (Lipinski definition) is 4. The van der Waals surface area contributed by atoms with Crippen molar-refractivity contribution in [1.29, 1.82) is 0 Å². The molecular weight excluding hydrogens is 370 g/mol. The summed E-state index contributed by atoms with van der Waals surface area (Å²) in [7, 11) is 0. The summed E-state index contributed by atoms with van der Waals surface area (Å²) in [5.74, 6) is -0.854. The molecular formula is C22H25N3O4. The molecule has 7 heteroatoms. The lowest BCUT2D eigenvalue weighted by Gasteiger charge is -2.27. The number of benzene rings is 2. The molecule has 0 radical (unpaired) electrons. The minimum atomic E-state index is -0.847. The highest BCUT2D eigenvalue weighted by Crippen LogP contribution is 2.19. The van der Waals surface area contributed by atoms with Crippen molar-refractivity contribution in [3.05, 3.63) is 71.8 Å². The molecule has 3 rings (SSSR count). The van der Waals surface area contributed by atoms with Crippen LogP contribution < -0.4 is 11.1 Å². The molecule has 0 aliphatic carbocycles. The fourth-order valence-corrected chi connectivity index (χ4v) is 3.48. The maximum Gasteiger partial charge on any atom is 0.408 e. The summed E-state index contributed by atoms with van der Waals surface area (Å²) in [5.41, 5.74) is 7.19. The molecule has 1 aliphatic heterocycles. The van der Waals surface area contributed by atoms with Crippen molar-refractivity contribution in [2.75, 3.05) is 6.54 Å². The molecule has 1 heterocycles. The van der Waals surface area contributed by atoms with Crippen LogP contribution in [0.2, 0.25) is 0 Å². The number of ether oxygens (including phenoxy) is 1. The van der Waals surface area contributed by atoms with Gasteiger partial charge in [0.25, 0.3) is 0 Å². The second kappa shape index (κ2) is 9.73. The number of rotatable bonds is 7. The van der Waals surface area contributed by atoms with Gasteiger partial charge in [-0.1, -0.05) is 60.7 Å². The van der Waals surface area contributed by atoms with Crippen LogP contribution in [0.15, 0.2) is 60.7 Å². The van der Waals surface area contributed by atoms with Crippen molar-refractivity contribution in [3.8, 4) is 0 Å². The zero-order valence-corrected chi connectivity index (χ0v) is 16.1. The minimum absolute atomic E-state index is 0.104. The summed E-state index contributed by atoms with van der Waals surface area (Å²) < 4.78 is 5.27. The molecule has 1 fully saturated rings. The number of nitrogens with two attached hydrogens (primary N) is 1. The Bertz CT molecular complexity index is 842. The van der Waals surface area contributed by atoms with E-state index in [-0.39, 0.29) is 12.5 Å². The lowest BCUT2D eigenvalue weighted by molar-refractivity contribution is -0.138. The zero-order valence-electron chi connectivity index (χ0n) is 16.1. The van der Waals surface area contributed by atoms with Gasteiger partial charge in [0, 0.05) is 13.0 Å². The summed E-state index contributed by atoms with van der Waals surface area (Å²) in [5, 5.41) is 2.67. The third-order valence-corrected chi connectivity index (χ3v) is 4.95. The smallest absolute Gasteiger partial charge is 0.408 e. The van der Waals surface area contributed by atoms with Crippen LogP contribution in [0.25, 0.3) is 0 Å². The molecule has 152 valence electrons. The lowest BCUT2D eigenvalue weighted by atomic mass is 10.0. The molecule has 2 aromatic carbocycles. The highest BCUT2D eigenvalue weighted by Gasteiger charge is 2.36. The number of likely N-dealkylation sites (tertiary alicyclic amines) is 1. The van der Waals surface area contributed by atoms with Gasteiger partial charge in [0.05, 0.1) is 0 Å². The number of nitrogens with one attached hydrogen (secondary N) is 1. The van der Waals surface area contributed by atoms with Crippen molar-refractivity contribution >= 4 is 17.9 Å². The predicted molar refractivity (Wildman–Crippen MR) is 108 cm³/mol. The molecule has 1 aliphatic rings. The number of carbonyl (C=O) groups is 3. The molecule has 2 atom stereocenters. The van der Waals surface area contributed by atoms with Crippen LogP contribution >= 0.6 is 0 Å². The molecule has 3 N–H and O–H groups in total. The summed E-state index contributed by atoms with van der Waals surface area (Å²) >= 11 is 0. The van der Waals surface area contributed by atoms with Gasteiger partial charge < -0.3 is 20.7 Å². The van der Waals surface area contributed by atoms with Crippen LogP contribution in [0.3, 0.4) is 0 Å². The van der Waals surface area contributed by atoms with E-state index >= 15 is 0 Å². The van der Waals surface area contributed by atoms with Crippen molar-refractivity contribution in [3.63, 3.8) is 0 Å². The standard InChI is InChI=1S/C22H25N3O4/c23-20(26)19-12-7-13-25(19)21(27)18(14-16-8-3-1-4-9-16)24-22(28)29-15-17-10-5-2-6-11-17/h1-6,8-11,18-19H,7,12-15H2,(H2,23,26)(H,24,28)/t18-,19-/m0/s1. The first-order valence-corrected chi connectivity index (χ1v) is 9.65. The van der Waals surface area contributed by atoms with E-state index in [9.17, 15) is 14.4 Å². The Balaban J connectivity index is 1.69. The number of amides is 3. The lowest BCUT2D eigenvalue weighted by Crippen LogP contribution is -2.53. The van der Waals surface area contributed by atoms with Crippen molar-refractivity contribution < 1.29 is 19.1 Å². The second-order valence-electron chi connectivity index (χ2n) is 7.04. The molecule has 29 heavy (non-hydrogen) atoms. The quantitative estimate of drug-likeness (QED) is 0.749. The van der Waals surface area contributed by atoms with Gasteiger partial charge in [0.1, 0.15) is 18.7 Å². The fraction of sp³-hybridized carbons (Fsp3) is 0.318. The van der Waals surface area contributed by atoms with E-state index in [4.69, 9.17) is 10.5 Å². The first-order valence-electron chi connectivity index (χ1n) is 9.65. The molecule has 2 aromatic rings. The Hall–Kier alpha value is -3.35. The maximum atomic E-state index is 13.1. The van der Waals surface area contributed by atoms with E-state index in [1.807, 2.05) is 60.7 Å². The molecule has 1 saturated heterocycles. The van der Waals surface area contributed by atoms with Gasteiger partial charge in [-0.3, -0.25) is 9.59 Å². The minimum Gasteiger partial charge on any atom is -0.445 e. The Morgan fingerprint density at radius 2 is 1.66 bits per heavy atom. The average Bonchev–Trinajstić information content (AvgIpc) is 3.23. The third-order valence-electron chi connectivity index (χ3n) is 4.95. The van der Waals surface area contributed by atoms with E-state index in [0.29, 0.717) is 25.8 Å². The SMILES string of the molecule is NC(=O)[C@@H]1CCCN1C(=O)[C@H](Cc1ccccc1)NC(=O)OCc1ccccc1. The predicted octanol–water partition coefficient (Wildman–Crippen LogP) is 2.00. The van der Waals surface area contributed by atoms with E-state index in [2.05, 4.69) is 5.32 Å². The van der Waals surface area contributed by atoms with Crippen LogP contribution in [0.1, 0.15) is 24.0 Å². The van der Waals surface area contributed by atoms with Crippen molar-refractivity contribution in [2.24, 2.45) is 5.73 Å². The van der Waals surface area contributed by atoms with Gasteiger partial charge in [-0.2, -0.15) is 0 Å². The summed E-state index contributed by atoms with van der Waals surface area (Å²) in [6.45, 7) is 0.547. The Kier molecular flexibility index (Phi) is 6.84. The second-order valence-corrected chi connectivity index (χ2v) is 7.04. The normalized spacial score (nSPS) is 16.8. The first-order chi connectivity index (χ1) is 14.0. The Labute approximate surface area is 169 Å². The number of carbonyl (C=O) groups excluding carboxylic acids is 3. The maximum absolute atomic E-state index is 13.1. The molecule has 0 unspecified atom stereocenters. The largest absolute Gasteiger partial charge is 0.445 e. The average molecular weight is 395 g/mol. The number of alkyl carbamates (subject to hydrolysis) is 1. The van der Waals surface area contributed by atoms with Crippen LogP contribution in [-0.2, 0) is 27.4 Å². The Morgan fingerprint density at radius 3 is 2.28 bits per heavy atom. The monoisotopic (exact) mass is 395 g/mol. The number of nitrogens with zero attached hydrogens (tertiary/aromatic N) is 1. The topological polar surface area (TPSA) is 102 Å². The highest BCUT2D eigenvalue weighted by atomic mass is 16.5. The van der Waals surface area contributed by atoms with Crippen molar-refractivity contribution in [2.45, 2.75) is 38.0 Å². The summed E-state index contributed by atoms with van der Waals surface area (Å²) in [6, 6.07) is 17.2. The van der Waals surface area contributed by atoms with Crippen LogP contribution in [0, 0.1) is 0 Å². The zero-order chi connectivity index (χ0) is 20.6. The van der Waals surface area contributed by atoms with Gasteiger partial charge in [-0.15, -0.1) is 0 Å². The molecule has 7 nitrogen and oxygen atoms in total. The Morgan fingerprint density at radius 1 is 1.03 bits per heavy atom. The molecule has 3 amide bonds. The van der Waals surface area contributed by atoms with E-state index < -0.39 is 24.1 Å². The van der Waals surface area contributed by atoms with Gasteiger partial charge in [-0.25, -0.2) is 4.79 Å². The fourth-order valence-electron chi connectivity index (χ4n) is 3.48. The summed E-state index contributed by atoms with van der Waals surface area (Å²) in [4.78, 5) is 38.6. The molecule has 0 aromatic heterocycles. The van der Waals surface area contributed by atoms with Crippen LogP contribution in [0.4, 0.5) is 4.79 Å². The number of hydrogen-bond donors (Lipinski definition) is 2. The van der Waals surface area contributed by atoms with Gasteiger partial charge in [0.2, 0.25) is 11.8 Å². The van der Waals surface area contributed by atoms with Gasteiger partial charge in [0.15, 0.2) is 0 Å². The highest BCUT2D eigenvalue weighted by molar-refractivity contribution is 5.91. The van der Waals surface area contributed by atoms with E-state index in [1.54, 1.807) is 0 Å². The molecule has 0 bridgehead atoms. The molecule has 0 saturated carbocycles. The summed E-state index contributed by atoms with van der Waals surface area (Å²) in [6.07, 6.45) is 0.855. The van der Waals surface area contributed by atoms with Crippen LogP contribution in [-0.4, -0.2) is 41.4 Å². The van der Waals surface area contributed by atoms with E-state index in [1.165, 1.54) is 4.90 Å². The van der Waals surface area contributed by atoms with Crippen LogP contribution in [0.5, 0.6) is 0 Å². The first kappa shape index (κ1) is 20.4. The van der Waals surface area contributed by atoms with Gasteiger partial charge >= 0.3 is 6.09 Å². The van der Waals surface area contributed by atoms with Crippen molar-refractivity contribution in [1.82, 2.24) is 10.2 Å². The van der Waals surface area contributed by atoms with E-state index in [0.717, 1.165) is 11.1 Å².